The number of rotatable bonds is 5. The maximum Gasteiger partial charge on any atom is 0.0847 e. The number of hydrogen-bond donors (Lipinski definition) is 1. The van der Waals surface area contributed by atoms with Crippen LogP contribution in [0.1, 0.15) is 29.9 Å². The molecule has 0 radical (unpaired) electrons. The molecule has 1 unspecified atom stereocenters. The Morgan fingerprint density at radius 1 is 1.35 bits per heavy atom. The molecule has 0 bridgehead atoms. The van der Waals surface area contributed by atoms with Crippen molar-refractivity contribution in [1.29, 1.82) is 0 Å². The molecule has 108 valence electrons. The van der Waals surface area contributed by atoms with E-state index in [0.717, 1.165) is 28.5 Å². The molecule has 1 aromatic heterocycles. The van der Waals surface area contributed by atoms with Crippen molar-refractivity contribution < 1.29 is 0 Å². The fourth-order valence-corrected chi connectivity index (χ4v) is 2.86. The smallest absolute Gasteiger partial charge is 0.0847 e. The molecule has 2 N–H and O–H groups in total. The number of thioether (sulfide) groups is 1. The van der Waals surface area contributed by atoms with E-state index >= 15 is 0 Å². The summed E-state index contributed by atoms with van der Waals surface area (Å²) in [6, 6.07) is 8.31. The van der Waals surface area contributed by atoms with Gasteiger partial charge in [0.1, 0.15) is 0 Å². The van der Waals surface area contributed by atoms with Crippen LogP contribution in [0.2, 0.25) is 5.02 Å². The summed E-state index contributed by atoms with van der Waals surface area (Å²) in [7, 11) is 0. The van der Waals surface area contributed by atoms with E-state index < -0.39 is 0 Å². The Labute approximate surface area is 129 Å². The number of aromatic nitrogens is 2. The Morgan fingerprint density at radius 3 is 2.55 bits per heavy atom. The van der Waals surface area contributed by atoms with Gasteiger partial charge in [0.2, 0.25) is 0 Å². The van der Waals surface area contributed by atoms with Crippen LogP contribution < -0.4 is 5.73 Å². The van der Waals surface area contributed by atoms with Crippen LogP contribution in [0.25, 0.3) is 0 Å². The lowest BCUT2D eigenvalue weighted by Crippen LogP contribution is -2.16. The van der Waals surface area contributed by atoms with Crippen molar-refractivity contribution in [2.75, 3.05) is 6.26 Å². The first kappa shape index (κ1) is 15.4. The van der Waals surface area contributed by atoms with E-state index in [9.17, 15) is 0 Å². The third-order valence-electron chi connectivity index (χ3n) is 3.41. The van der Waals surface area contributed by atoms with E-state index in [1.165, 1.54) is 4.90 Å². The highest BCUT2D eigenvalue weighted by Gasteiger charge is 2.16. The summed E-state index contributed by atoms with van der Waals surface area (Å²) in [6.45, 7) is 4.79. The van der Waals surface area contributed by atoms with Gasteiger partial charge in [-0.05, 0) is 37.8 Å². The molecule has 3 nitrogen and oxygen atoms in total. The van der Waals surface area contributed by atoms with Crippen molar-refractivity contribution in [2.45, 2.75) is 37.8 Å². The van der Waals surface area contributed by atoms with Crippen LogP contribution in [-0.4, -0.2) is 16.0 Å². The molecule has 0 aliphatic carbocycles. The molecule has 5 heteroatoms. The summed E-state index contributed by atoms with van der Waals surface area (Å²) < 4.78 is 1.94. The number of benzene rings is 1. The average Bonchev–Trinajstić information content (AvgIpc) is 2.75. The predicted molar refractivity (Wildman–Crippen MR) is 86.5 cm³/mol. The zero-order valence-corrected chi connectivity index (χ0v) is 13.6. The molecule has 0 fully saturated rings. The van der Waals surface area contributed by atoms with E-state index in [1.54, 1.807) is 11.8 Å². The topological polar surface area (TPSA) is 43.8 Å². The van der Waals surface area contributed by atoms with Crippen LogP contribution in [0, 0.1) is 6.92 Å². The Kier molecular flexibility index (Phi) is 5.13. The van der Waals surface area contributed by atoms with Gasteiger partial charge in [-0.15, -0.1) is 11.8 Å². The van der Waals surface area contributed by atoms with Crippen molar-refractivity contribution in [3.8, 4) is 0 Å². The molecule has 1 atom stereocenters. The molecule has 0 amide bonds. The largest absolute Gasteiger partial charge is 0.324 e. The van der Waals surface area contributed by atoms with Gasteiger partial charge in [-0.2, -0.15) is 5.10 Å². The number of hydrogen-bond acceptors (Lipinski definition) is 3. The van der Waals surface area contributed by atoms with E-state index in [-0.39, 0.29) is 6.04 Å². The van der Waals surface area contributed by atoms with E-state index in [4.69, 9.17) is 17.3 Å². The van der Waals surface area contributed by atoms with Gasteiger partial charge >= 0.3 is 0 Å². The first-order valence-corrected chi connectivity index (χ1v) is 8.28. The SMILES string of the molecule is CCn1nc(C)c(Cl)c1CC(N)c1ccc(SC)cc1. The second kappa shape index (κ2) is 6.66. The van der Waals surface area contributed by atoms with Gasteiger partial charge in [0.15, 0.2) is 0 Å². The molecule has 2 rings (SSSR count). The van der Waals surface area contributed by atoms with Crippen molar-refractivity contribution in [3.63, 3.8) is 0 Å². The average molecular weight is 310 g/mol. The maximum absolute atomic E-state index is 6.33. The van der Waals surface area contributed by atoms with Crippen molar-refractivity contribution in [1.82, 2.24) is 9.78 Å². The monoisotopic (exact) mass is 309 g/mol. The Hall–Kier alpha value is -0.970. The fourth-order valence-electron chi connectivity index (χ4n) is 2.24. The Morgan fingerprint density at radius 2 is 2.00 bits per heavy atom. The van der Waals surface area contributed by atoms with Crippen LogP contribution in [0.4, 0.5) is 0 Å². The minimum atomic E-state index is -0.0650. The zero-order valence-electron chi connectivity index (χ0n) is 12.1. The predicted octanol–water partition coefficient (Wildman–Crippen LogP) is 3.83. The van der Waals surface area contributed by atoms with E-state index in [0.29, 0.717) is 6.42 Å². The number of nitrogens with zero attached hydrogens (tertiary/aromatic N) is 2. The molecule has 0 saturated carbocycles. The standard InChI is InChI=1S/C15H20ClN3S/c1-4-19-14(15(16)10(2)18-19)9-13(17)11-5-7-12(20-3)8-6-11/h5-8,13H,4,9,17H2,1-3H3. The molecule has 20 heavy (non-hydrogen) atoms. The van der Waals surface area contributed by atoms with Gasteiger partial charge in [0.05, 0.1) is 16.4 Å². The van der Waals surface area contributed by atoms with E-state index in [1.807, 2.05) is 11.6 Å². The highest BCUT2D eigenvalue weighted by Crippen LogP contribution is 2.26. The summed E-state index contributed by atoms with van der Waals surface area (Å²) in [4.78, 5) is 1.24. The zero-order chi connectivity index (χ0) is 14.7. The number of nitrogens with two attached hydrogens (primary N) is 1. The highest BCUT2D eigenvalue weighted by atomic mass is 35.5. The lowest BCUT2D eigenvalue weighted by atomic mass is 10.0. The van der Waals surface area contributed by atoms with Crippen LogP contribution in [0.5, 0.6) is 0 Å². The summed E-state index contributed by atoms with van der Waals surface area (Å²) in [6.07, 6.45) is 2.77. The van der Waals surface area contributed by atoms with Gasteiger partial charge in [-0.1, -0.05) is 23.7 Å². The van der Waals surface area contributed by atoms with Crippen LogP contribution in [0.15, 0.2) is 29.2 Å². The highest BCUT2D eigenvalue weighted by molar-refractivity contribution is 7.98. The maximum atomic E-state index is 6.33. The van der Waals surface area contributed by atoms with Crippen molar-refractivity contribution in [2.24, 2.45) is 5.73 Å². The van der Waals surface area contributed by atoms with Gasteiger partial charge in [-0.3, -0.25) is 4.68 Å². The first-order valence-electron chi connectivity index (χ1n) is 6.68. The molecule has 1 heterocycles. The minimum absolute atomic E-state index is 0.0650. The second-order valence-corrected chi connectivity index (χ2v) is 6.00. The third kappa shape index (κ3) is 3.19. The van der Waals surface area contributed by atoms with Crippen LogP contribution >= 0.6 is 23.4 Å². The lowest BCUT2D eigenvalue weighted by molar-refractivity contribution is 0.587. The van der Waals surface area contributed by atoms with Gasteiger partial charge < -0.3 is 5.73 Å². The quantitative estimate of drug-likeness (QED) is 0.854. The summed E-state index contributed by atoms with van der Waals surface area (Å²) in [5, 5.41) is 5.17. The van der Waals surface area contributed by atoms with Gasteiger partial charge in [-0.25, -0.2) is 0 Å². The first-order chi connectivity index (χ1) is 9.56. The molecule has 0 aliphatic rings. The van der Waals surface area contributed by atoms with Crippen LogP contribution in [0.3, 0.4) is 0 Å². The molecule has 0 aliphatic heterocycles. The van der Waals surface area contributed by atoms with E-state index in [2.05, 4.69) is 42.5 Å². The summed E-state index contributed by atoms with van der Waals surface area (Å²) >= 11 is 8.06. The molecule has 1 aromatic carbocycles. The summed E-state index contributed by atoms with van der Waals surface area (Å²) in [5.41, 5.74) is 9.33. The second-order valence-electron chi connectivity index (χ2n) is 4.75. The number of halogens is 1. The summed E-state index contributed by atoms with van der Waals surface area (Å²) in [5.74, 6) is 0. The Balaban J connectivity index is 2.20. The van der Waals surface area contributed by atoms with Crippen LogP contribution in [-0.2, 0) is 13.0 Å². The molecular formula is C15H20ClN3S. The minimum Gasteiger partial charge on any atom is -0.324 e. The molecular weight excluding hydrogens is 290 g/mol. The van der Waals surface area contributed by atoms with Crippen molar-refractivity contribution >= 4 is 23.4 Å². The normalized spacial score (nSPS) is 12.7. The number of aryl methyl sites for hydroxylation is 2. The Bertz CT molecular complexity index is 578. The fraction of sp³-hybridized carbons (Fsp3) is 0.400. The van der Waals surface area contributed by atoms with Gasteiger partial charge in [0, 0.05) is 23.9 Å². The molecule has 0 spiro atoms. The molecule has 0 saturated heterocycles. The molecule has 2 aromatic rings. The third-order valence-corrected chi connectivity index (χ3v) is 4.65. The van der Waals surface area contributed by atoms with Gasteiger partial charge in [0.25, 0.3) is 0 Å². The lowest BCUT2D eigenvalue weighted by Gasteiger charge is -2.14. The van der Waals surface area contributed by atoms with Crippen molar-refractivity contribution in [3.05, 3.63) is 46.2 Å².